The number of aromatic nitrogens is 4. The van der Waals surface area contributed by atoms with Crippen molar-refractivity contribution in [2.24, 2.45) is 0 Å². The molecule has 0 aliphatic carbocycles. The van der Waals surface area contributed by atoms with Crippen LogP contribution in [0, 0.1) is 0 Å². The van der Waals surface area contributed by atoms with Crippen molar-refractivity contribution in [2.75, 3.05) is 0 Å². The second kappa shape index (κ2) is 6.45. The van der Waals surface area contributed by atoms with Crippen molar-refractivity contribution in [1.82, 2.24) is 25.5 Å². The molecule has 2 N–H and O–H groups in total. The van der Waals surface area contributed by atoms with Gasteiger partial charge in [-0.05, 0) is 18.6 Å². The van der Waals surface area contributed by atoms with Crippen molar-refractivity contribution >= 4 is 17.5 Å². The van der Waals surface area contributed by atoms with E-state index in [2.05, 4.69) is 25.5 Å². The Morgan fingerprint density at radius 2 is 2.24 bits per heavy atom. The zero-order chi connectivity index (χ0) is 15.4. The molecule has 7 nitrogen and oxygen atoms in total. The van der Waals surface area contributed by atoms with Crippen LogP contribution in [-0.4, -0.2) is 26.1 Å². The highest BCUT2D eigenvalue weighted by Crippen LogP contribution is 2.20. The number of halogens is 1. The highest BCUT2D eigenvalue weighted by molar-refractivity contribution is 6.32. The van der Waals surface area contributed by atoms with Gasteiger partial charge in [0.05, 0.1) is 11.1 Å². The first kappa shape index (κ1) is 15.1. The SMILES string of the molecule is CCC(NC(C)=O)c1nnc(-c2ncccc2Cl)[nH]c1=O. The van der Waals surface area contributed by atoms with Crippen LogP contribution in [0.2, 0.25) is 5.02 Å². The summed E-state index contributed by atoms with van der Waals surface area (Å²) in [5, 5.41) is 10.9. The highest BCUT2D eigenvalue weighted by Gasteiger charge is 2.18. The lowest BCUT2D eigenvalue weighted by molar-refractivity contribution is -0.119. The molecule has 0 spiro atoms. The van der Waals surface area contributed by atoms with Crippen LogP contribution < -0.4 is 10.9 Å². The number of nitrogens with one attached hydrogen (secondary N) is 2. The van der Waals surface area contributed by atoms with Gasteiger partial charge in [-0.15, -0.1) is 10.2 Å². The molecule has 0 bridgehead atoms. The van der Waals surface area contributed by atoms with Crippen molar-refractivity contribution in [3.05, 3.63) is 39.4 Å². The lowest BCUT2D eigenvalue weighted by atomic mass is 10.1. The second-order valence-electron chi connectivity index (χ2n) is 4.38. The zero-order valence-electron chi connectivity index (χ0n) is 11.6. The summed E-state index contributed by atoms with van der Waals surface area (Å²) in [6, 6.07) is 2.84. The van der Waals surface area contributed by atoms with E-state index < -0.39 is 11.6 Å². The average Bonchev–Trinajstić information content (AvgIpc) is 2.45. The van der Waals surface area contributed by atoms with E-state index in [0.29, 0.717) is 17.1 Å². The summed E-state index contributed by atoms with van der Waals surface area (Å²) in [5.41, 5.74) is 0.0775. The fraction of sp³-hybridized carbons (Fsp3) is 0.308. The van der Waals surface area contributed by atoms with Crippen LogP contribution in [0.5, 0.6) is 0 Å². The fourth-order valence-electron chi connectivity index (χ4n) is 1.85. The zero-order valence-corrected chi connectivity index (χ0v) is 12.3. The number of aromatic amines is 1. The molecule has 2 aromatic heterocycles. The largest absolute Gasteiger partial charge is 0.348 e. The number of hydrogen-bond acceptors (Lipinski definition) is 5. The van der Waals surface area contributed by atoms with E-state index in [4.69, 9.17) is 11.6 Å². The third-order valence-electron chi connectivity index (χ3n) is 2.82. The lowest BCUT2D eigenvalue weighted by Gasteiger charge is -2.13. The molecule has 0 aromatic carbocycles. The van der Waals surface area contributed by atoms with Crippen LogP contribution in [0.3, 0.4) is 0 Å². The molecule has 2 aromatic rings. The molecule has 0 aliphatic rings. The number of pyridine rings is 1. The van der Waals surface area contributed by atoms with E-state index in [1.807, 2.05) is 6.92 Å². The number of amides is 1. The first-order chi connectivity index (χ1) is 10.0. The Hall–Kier alpha value is -2.28. The summed E-state index contributed by atoms with van der Waals surface area (Å²) in [4.78, 5) is 29.9. The molecule has 1 atom stereocenters. The molecule has 0 radical (unpaired) electrons. The third-order valence-corrected chi connectivity index (χ3v) is 3.13. The average molecular weight is 308 g/mol. The number of rotatable bonds is 4. The number of carbonyl (C=O) groups is 1. The Morgan fingerprint density at radius 3 is 2.81 bits per heavy atom. The van der Waals surface area contributed by atoms with Gasteiger partial charge in [0.15, 0.2) is 11.5 Å². The quantitative estimate of drug-likeness (QED) is 0.890. The van der Waals surface area contributed by atoms with Crippen LogP contribution in [0.25, 0.3) is 11.5 Å². The molecule has 2 rings (SSSR count). The molecule has 110 valence electrons. The molecule has 1 amide bonds. The van der Waals surface area contributed by atoms with Crippen LogP contribution in [0.4, 0.5) is 0 Å². The van der Waals surface area contributed by atoms with E-state index in [1.54, 1.807) is 18.3 Å². The summed E-state index contributed by atoms with van der Waals surface area (Å²) in [7, 11) is 0. The van der Waals surface area contributed by atoms with Crippen molar-refractivity contribution in [3.8, 4) is 11.5 Å². The molecule has 0 saturated carbocycles. The van der Waals surface area contributed by atoms with Gasteiger partial charge in [-0.1, -0.05) is 18.5 Å². The second-order valence-corrected chi connectivity index (χ2v) is 4.79. The van der Waals surface area contributed by atoms with Crippen LogP contribution in [0.1, 0.15) is 32.0 Å². The van der Waals surface area contributed by atoms with Gasteiger partial charge in [-0.3, -0.25) is 14.6 Å². The molecule has 0 fully saturated rings. The predicted molar refractivity (Wildman–Crippen MR) is 77.7 cm³/mol. The smallest absolute Gasteiger partial charge is 0.275 e. The minimum atomic E-state index is -0.480. The van der Waals surface area contributed by atoms with Crippen molar-refractivity contribution in [2.45, 2.75) is 26.3 Å². The molecule has 8 heteroatoms. The van der Waals surface area contributed by atoms with E-state index in [1.165, 1.54) is 6.92 Å². The van der Waals surface area contributed by atoms with E-state index in [0.717, 1.165) is 0 Å². The van der Waals surface area contributed by atoms with Crippen LogP contribution in [-0.2, 0) is 4.79 Å². The van der Waals surface area contributed by atoms with Crippen LogP contribution >= 0.6 is 11.6 Å². The molecule has 2 heterocycles. The number of carbonyl (C=O) groups excluding carboxylic acids is 1. The summed E-state index contributed by atoms with van der Waals surface area (Å²) in [6.45, 7) is 3.22. The van der Waals surface area contributed by atoms with Gasteiger partial charge >= 0.3 is 0 Å². The molecule has 21 heavy (non-hydrogen) atoms. The Kier molecular flexibility index (Phi) is 4.64. The monoisotopic (exact) mass is 307 g/mol. The standard InChI is InChI=1S/C13H14ClN5O2/c1-3-9(16-7(2)20)11-13(21)17-12(19-18-11)10-8(14)5-4-6-15-10/h4-6,9H,3H2,1-2H3,(H,16,20)(H,17,19,21). The minimum Gasteiger partial charge on any atom is -0.348 e. The molecular weight excluding hydrogens is 294 g/mol. The maximum atomic E-state index is 12.1. The molecule has 1 unspecified atom stereocenters. The van der Waals surface area contributed by atoms with Gasteiger partial charge in [-0.25, -0.2) is 0 Å². The summed E-state index contributed by atoms with van der Waals surface area (Å²) >= 11 is 6.00. The normalized spacial score (nSPS) is 12.0. The number of nitrogens with zero attached hydrogens (tertiary/aromatic N) is 3. The Balaban J connectivity index is 2.40. The van der Waals surface area contributed by atoms with Gasteiger partial charge in [0.25, 0.3) is 5.56 Å². The Morgan fingerprint density at radius 1 is 1.48 bits per heavy atom. The van der Waals surface area contributed by atoms with Crippen molar-refractivity contribution in [3.63, 3.8) is 0 Å². The Labute approximate surface area is 125 Å². The molecule has 0 saturated heterocycles. The van der Waals surface area contributed by atoms with E-state index in [-0.39, 0.29) is 17.4 Å². The highest BCUT2D eigenvalue weighted by atomic mass is 35.5. The van der Waals surface area contributed by atoms with Gasteiger partial charge in [0.1, 0.15) is 5.69 Å². The van der Waals surface area contributed by atoms with Crippen LogP contribution in [0.15, 0.2) is 23.1 Å². The van der Waals surface area contributed by atoms with Gasteiger partial charge in [0.2, 0.25) is 5.91 Å². The first-order valence-electron chi connectivity index (χ1n) is 6.37. The maximum absolute atomic E-state index is 12.1. The summed E-state index contributed by atoms with van der Waals surface area (Å²) in [5.74, 6) is -0.0491. The first-order valence-corrected chi connectivity index (χ1v) is 6.75. The van der Waals surface area contributed by atoms with E-state index in [9.17, 15) is 9.59 Å². The minimum absolute atomic E-state index is 0.156. The summed E-state index contributed by atoms with van der Waals surface area (Å²) < 4.78 is 0. The lowest BCUT2D eigenvalue weighted by Crippen LogP contribution is -2.32. The third kappa shape index (κ3) is 3.43. The Bertz CT molecular complexity index is 716. The van der Waals surface area contributed by atoms with Gasteiger partial charge in [0, 0.05) is 13.1 Å². The maximum Gasteiger partial charge on any atom is 0.275 e. The van der Waals surface area contributed by atoms with Gasteiger partial charge in [-0.2, -0.15) is 0 Å². The topological polar surface area (TPSA) is 101 Å². The van der Waals surface area contributed by atoms with Gasteiger partial charge < -0.3 is 10.3 Å². The molecule has 0 aliphatic heterocycles. The number of H-pyrrole nitrogens is 1. The van der Waals surface area contributed by atoms with E-state index >= 15 is 0 Å². The predicted octanol–water partition coefficient (Wildman–Crippen LogP) is 1.47. The summed E-state index contributed by atoms with van der Waals surface area (Å²) in [6.07, 6.45) is 2.07. The molecular formula is C13H14ClN5O2. The number of hydrogen-bond donors (Lipinski definition) is 2. The van der Waals surface area contributed by atoms with Crippen molar-refractivity contribution < 1.29 is 4.79 Å². The fourth-order valence-corrected chi connectivity index (χ4v) is 2.06. The van der Waals surface area contributed by atoms with Crippen molar-refractivity contribution in [1.29, 1.82) is 0 Å².